The third-order valence-corrected chi connectivity index (χ3v) is 6.41. The summed E-state index contributed by atoms with van der Waals surface area (Å²) in [5.74, 6) is 1.74. The summed E-state index contributed by atoms with van der Waals surface area (Å²) in [4.78, 5) is 21.2. The molecule has 1 amide bonds. The van der Waals surface area contributed by atoms with Crippen molar-refractivity contribution in [3.8, 4) is 5.69 Å². The monoisotopic (exact) mass is 386 g/mol. The van der Waals surface area contributed by atoms with E-state index in [1.54, 1.807) is 4.90 Å². The number of quaternary nitrogens is 1. The predicted octanol–water partition coefficient (Wildman–Crippen LogP) is 1.37. The van der Waals surface area contributed by atoms with Crippen molar-refractivity contribution in [1.82, 2.24) is 19.7 Å². The summed E-state index contributed by atoms with van der Waals surface area (Å²) < 4.78 is 1.96. The molecule has 1 N–H and O–H groups in total. The number of hydrogen-bond donors (Lipinski definition) is 1. The highest BCUT2D eigenvalue weighted by Gasteiger charge is 2.32. The van der Waals surface area contributed by atoms with Crippen LogP contribution in [0.4, 0.5) is 0 Å². The van der Waals surface area contributed by atoms with Gasteiger partial charge in [-0.05, 0) is 38.8 Å². The minimum Gasteiger partial charge on any atom is -0.332 e. The number of carbonyl (C=O) groups is 1. The predicted molar refractivity (Wildman–Crippen MR) is 106 cm³/mol. The molecule has 0 bridgehead atoms. The minimum atomic E-state index is -0.160. The molecule has 0 spiro atoms. The molecular formula is C20H28N5OS+. The normalized spacial score (nSPS) is 19.3. The number of benzene rings is 1. The van der Waals surface area contributed by atoms with Gasteiger partial charge in [-0.3, -0.25) is 4.79 Å². The Bertz CT molecular complexity index is 781. The van der Waals surface area contributed by atoms with E-state index in [1.807, 2.05) is 34.7 Å². The number of piperazine rings is 1. The summed E-state index contributed by atoms with van der Waals surface area (Å²) in [5.41, 5.74) is 1.04. The summed E-state index contributed by atoms with van der Waals surface area (Å²) in [6, 6.07) is 10.2. The Hall–Kier alpha value is -1.86. The lowest BCUT2D eigenvalue weighted by Crippen LogP contribution is -3.14. The van der Waals surface area contributed by atoms with Gasteiger partial charge in [-0.15, -0.1) is 5.10 Å². The molecule has 27 heavy (non-hydrogen) atoms. The first kappa shape index (κ1) is 18.5. The van der Waals surface area contributed by atoms with E-state index >= 15 is 0 Å². The van der Waals surface area contributed by atoms with Crippen LogP contribution in [0.5, 0.6) is 0 Å². The molecule has 1 aliphatic heterocycles. The second-order valence-corrected chi connectivity index (χ2v) is 8.77. The number of rotatable bonds is 6. The molecule has 2 aliphatic rings. The number of para-hydroxylation sites is 1. The Morgan fingerprint density at radius 2 is 1.96 bits per heavy atom. The summed E-state index contributed by atoms with van der Waals surface area (Å²) in [6.07, 6.45) is 2.35. The zero-order valence-electron chi connectivity index (χ0n) is 16.1. The highest BCUT2D eigenvalue weighted by Crippen LogP contribution is 2.40. The SMILES string of the molecule is CC[NH+]1CCN(C(=O)[C@H](C)Sc2nc(C3CC3)n(-c3ccccc3)n2)CC1. The van der Waals surface area contributed by atoms with E-state index < -0.39 is 0 Å². The van der Waals surface area contributed by atoms with E-state index in [-0.39, 0.29) is 11.2 Å². The van der Waals surface area contributed by atoms with Gasteiger partial charge in [-0.25, -0.2) is 9.67 Å². The Balaban J connectivity index is 1.45. The number of amides is 1. The van der Waals surface area contributed by atoms with Gasteiger partial charge in [-0.1, -0.05) is 30.0 Å². The van der Waals surface area contributed by atoms with Crippen LogP contribution in [-0.4, -0.2) is 63.5 Å². The standard InChI is InChI=1S/C20H27N5OS/c1-3-23-11-13-24(14-12-23)19(26)15(2)27-20-21-18(16-9-10-16)25(22-20)17-7-5-4-6-8-17/h4-8,15-16H,3,9-14H2,1-2H3/p+1/t15-/m0/s1. The Morgan fingerprint density at radius 3 is 2.59 bits per heavy atom. The average molecular weight is 387 g/mol. The zero-order valence-corrected chi connectivity index (χ0v) is 16.9. The van der Waals surface area contributed by atoms with E-state index in [0.717, 1.165) is 44.2 Å². The van der Waals surface area contributed by atoms with Gasteiger partial charge >= 0.3 is 0 Å². The molecule has 1 aromatic carbocycles. The molecule has 4 rings (SSSR count). The van der Waals surface area contributed by atoms with Crippen molar-refractivity contribution < 1.29 is 9.69 Å². The number of aromatic nitrogens is 3. The molecule has 1 saturated carbocycles. The topological polar surface area (TPSA) is 55.5 Å². The largest absolute Gasteiger partial charge is 0.332 e. The van der Waals surface area contributed by atoms with Gasteiger partial charge in [0, 0.05) is 5.92 Å². The molecule has 2 fully saturated rings. The molecule has 0 unspecified atom stereocenters. The van der Waals surface area contributed by atoms with Crippen LogP contribution < -0.4 is 4.90 Å². The van der Waals surface area contributed by atoms with Gasteiger partial charge in [0.1, 0.15) is 5.82 Å². The van der Waals surface area contributed by atoms with Crippen LogP contribution in [-0.2, 0) is 4.79 Å². The number of thioether (sulfide) groups is 1. The van der Waals surface area contributed by atoms with Crippen molar-refractivity contribution >= 4 is 17.7 Å². The van der Waals surface area contributed by atoms with Gasteiger partial charge in [0.25, 0.3) is 0 Å². The van der Waals surface area contributed by atoms with Crippen LogP contribution in [0.2, 0.25) is 0 Å². The smallest absolute Gasteiger partial charge is 0.236 e. The Labute approximate surface area is 164 Å². The highest BCUT2D eigenvalue weighted by molar-refractivity contribution is 8.00. The van der Waals surface area contributed by atoms with Crippen molar-refractivity contribution in [3.05, 3.63) is 36.2 Å². The number of nitrogens with zero attached hydrogens (tertiary/aromatic N) is 4. The third-order valence-electron chi connectivity index (χ3n) is 5.47. The van der Waals surface area contributed by atoms with Gasteiger partial charge in [0.05, 0.1) is 43.7 Å². The molecule has 2 heterocycles. The summed E-state index contributed by atoms with van der Waals surface area (Å²) in [7, 11) is 0. The third kappa shape index (κ3) is 4.19. The maximum absolute atomic E-state index is 12.8. The fraction of sp³-hybridized carbons (Fsp3) is 0.550. The van der Waals surface area contributed by atoms with Crippen molar-refractivity contribution in [3.63, 3.8) is 0 Å². The first-order valence-electron chi connectivity index (χ1n) is 9.97. The van der Waals surface area contributed by atoms with Gasteiger partial charge in [-0.2, -0.15) is 0 Å². The maximum atomic E-state index is 12.8. The molecule has 1 aliphatic carbocycles. The quantitative estimate of drug-likeness (QED) is 0.762. The molecular weight excluding hydrogens is 358 g/mol. The number of likely N-dealkylation sites (N-methyl/N-ethyl adjacent to an activating group) is 1. The molecule has 1 atom stereocenters. The second kappa shape index (κ2) is 8.02. The molecule has 144 valence electrons. The van der Waals surface area contributed by atoms with E-state index in [4.69, 9.17) is 10.1 Å². The maximum Gasteiger partial charge on any atom is 0.236 e. The van der Waals surface area contributed by atoms with Crippen molar-refractivity contribution in [2.45, 2.75) is 43.0 Å². The molecule has 2 aromatic rings. The Morgan fingerprint density at radius 1 is 1.26 bits per heavy atom. The zero-order chi connectivity index (χ0) is 18.8. The summed E-state index contributed by atoms with van der Waals surface area (Å²) in [6.45, 7) is 9.12. The minimum absolute atomic E-state index is 0.160. The molecule has 1 aromatic heterocycles. The number of hydrogen-bond acceptors (Lipinski definition) is 4. The first-order valence-corrected chi connectivity index (χ1v) is 10.8. The number of carbonyl (C=O) groups excluding carboxylic acids is 1. The fourth-order valence-corrected chi connectivity index (χ4v) is 4.42. The summed E-state index contributed by atoms with van der Waals surface area (Å²) >= 11 is 1.49. The van der Waals surface area contributed by atoms with E-state index in [9.17, 15) is 4.79 Å². The highest BCUT2D eigenvalue weighted by atomic mass is 32.2. The number of nitrogens with one attached hydrogen (secondary N) is 1. The summed E-state index contributed by atoms with van der Waals surface area (Å²) in [5, 5.41) is 5.28. The van der Waals surface area contributed by atoms with E-state index in [1.165, 1.54) is 24.6 Å². The van der Waals surface area contributed by atoms with Crippen molar-refractivity contribution in [2.75, 3.05) is 32.7 Å². The van der Waals surface area contributed by atoms with Crippen molar-refractivity contribution in [1.29, 1.82) is 0 Å². The van der Waals surface area contributed by atoms with Crippen LogP contribution in [0.15, 0.2) is 35.5 Å². The second-order valence-electron chi connectivity index (χ2n) is 7.46. The lowest BCUT2D eigenvalue weighted by atomic mass is 10.3. The molecule has 1 saturated heterocycles. The first-order chi connectivity index (χ1) is 13.2. The van der Waals surface area contributed by atoms with Crippen LogP contribution in [0, 0.1) is 0 Å². The van der Waals surface area contributed by atoms with Gasteiger partial charge in [0.2, 0.25) is 11.1 Å². The lowest BCUT2D eigenvalue weighted by Gasteiger charge is -2.32. The van der Waals surface area contributed by atoms with Crippen molar-refractivity contribution in [2.24, 2.45) is 0 Å². The van der Waals surface area contributed by atoms with Crippen LogP contribution in [0.3, 0.4) is 0 Å². The van der Waals surface area contributed by atoms with E-state index in [2.05, 4.69) is 19.1 Å². The van der Waals surface area contributed by atoms with E-state index in [0.29, 0.717) is 11.1 Å². The Kier molecular flexibility index (Phi) is 5.50. The molecule has 7 heteroatoms. The average Bonchev–Trinajstić information content (AvgIpc) is 3.48. The van der Waals surface area contributed by atoms with Gasteiger partial charge < -0.3 is 9.80 Å². The molecule has 6 nitrogen and oxygen atoms in total. The van der Waals surface area contributed by atoms with Crippen LogP contribution >= 0.6 is 11.8 Å². The molecule has 0 radical (unpaired) electrons. The van der Waals surface area contributed by atoms with Gasteiger partial charge in [0.15, 0.2) is 0 Å². The van der Waals surface area contributed by atoms with Crippen LogP contribution in [0.1, 0.15) is 38.4 Å². The van der Waals surface area contributed by atoms with Crippen LogP contribution in [0.25, 0.3) is 5.69 Å². The lowest BCUT2D eigenvalue weighted by molar-refractivity contribution is -0.902. The fourth-order valence-electron chi connectivity index (χ4n) is 3.58.